The molecule has 1 fully saturated rings. The van der Waals surface area contributed by atoms with Crippen LogP contribution in [0.5, 0.6) is 0 Å². The van der Waals surface area contributed by atoms with Gasteiger partial charge in [-0.1, -0.05) is 22.0 Å². The van der Waals surface area contributed by atoms with Crippen molar-refractivity contribution in [3.8, 4) is 5.69 Å². The fraction of sp³-hybridized carbons (Fsp3) is 0.176. The molecule has 1 aliphatic carbocycles. The van der Waals surface area contributed by atoms with Gasteiger partial charge in [0.2, 0.25) is 0 Å². The Labute approximate surface area is 155 Å². The van der Waals surface area contributed by atoms with Gasteiger partial charge in [0.15, 0.2) is 0 Å². The highest BCUT2D eigenvalue weighted by atomic mass is 127. The van der Waals surface area contributed by atoms with Crippen molar-refractivity contribution in [1.29, 1.82) is 0 Å². The van der Waals surface area contributed by atoms with Gasteiger partial charge >= 0.3 is 5.69 Å². The van der Waals surface area contributed by atoms with E-state index in [-0.39, 0.29) is 5.69 Å². The zero-order chi connectivity index (χ0) is 16.0. The molecule has 0 spiro atoms. The molecule has 3 aromatic rings. The largest absolute Gasteiger partial charge is 0.367 e. The lowest BCUT2D eigenvalue weighted by atomic mass is 10.2. The van der Waals surface area contributed by atoms with E-state index in [0.29, 0.717) is 11.9 Å². The fourth-order valence-electron chi connectivity index (χ4n) is 2.59. The molecule has 116 valence electrons. The zero-order valence-corrected chi connectivity index (χ0v) is 15.8. The predicted octanol–water partition coefficient (Wildman–Crippen LogP) is 4.33. The Morgan fingerprint density at radius 2 is 2.04 bits per heavy atom. The molecule has 4 rings (SSSR count). The van der Waals surface area contributed by atoms with Crippen LogP contribution >= 0.6 is 38.5 Å². The van der Waals surface area contributed by atoms with Crippen LogP contribution in [0.15, 0.2) is 51.7 Å². The standard InChI is InChI=1S/C17H13BrIN3O/c18-10-4-7-14-15(8-10)22(13-3-1-2-11(19)9-13)17(23)21-16(14)20-12-5-6-12/h1-4,7-9,12H,5-6H2,(H,20,21,23). The molecule has 0 saturated heterocycles. The van der Waals surface area contributed by atoms with Gasteiger partial charge in [0, 0.05) is 19.5 Å². The lowest BCUT2D eigenvalue weighted by Gasteiger charge is -2.14. The van der Waals surface area contributed by atoms with E-state index in [2.05, 4.69) is 48.8 Å². The van der Waals surface area contributed by atoms with Crippen LogP contribution in [0.4, 0.5) is 5.82 Å². The van der Waals surface area contributed by atoms with E-state index in [9.17, 15) is 4.79 Å². The minimum absolute atomic E-state index is 0.263. The van der Waals surface area contributed by atoms with Crippen molar-refractivity contribution in [3.63, 3.8) is 0 Å². The average Bonchev–Trinajstić information content (AvgIpc) is 3.31. The molecule has 1 heterocycles. The van der Waals surface area contributed by atoms with E-state index in [0.717, 1.165) is 37.5 Å². The number of rotatable bonds is 3. The molecule has 6 heteroatoms. The molecular formula is C17H13BrIN3O. The van der Waals surface area contributed by atoms with Gasteiger partial charge in [-0.2, -0.15) is 4.98 Å². The Morgan fingerprint density at radius 1 is 1.22 bits per heavy atom. The van der Waals surface area contributed by atoms with Crippen molar-refractivity contribution in [2.45, 2.75) is 18.9 Å². The first-order valence-electron chi connectivity index (χ1n) is 7.36. The first-order valence-corrected chi connectivity index (χ1v) is 9.24. The highest BCUT2D eigenvalue weighted by molar-refractivity contribution is 14.1. The van der Waals surface area contributed by atoms with Crippen molar-refractivity contribution in [3.05, 3.63) is 61.0 Å². The van der Waals surface area contributed by atoms with Crippen molar-refractivity contribution < 1.29 is 0 Å². The molecule has 2 aromatic carbocycles. The molecule has 0 amide bonds. The second-order valence-corrected chi connectivity index (χ2v) is 7.80. The maximum absolute atomic E-state index is 12.7. The monoisotopic (exact) mass is 481 g/mol. The predicted molar refractivity (Wildman–Crippen MR) is 104 cm³/mol. The molecule has 1 saturated carbocycles. The van der Waals surface area contributed by atoms with Gasteiger partial charge in [-0.25, -0.2) is 4.79 Å². The normalized spacial score (nSPS) is 14.2. The minimum Gasteiger partial charge on any atom is -0.367 e. The molecule has 0 aliphatic heterocycles. The molecule has 0 radical (unpaired) electrons. The summed E-state index contributed by atoms with van der Waals surface area (Å²) in [5.41, 5.74) is 1.42. The topological polar surface area (TPSA) is 46.9 Å². The summed E-state index contributed by atoms with van der Waals surface area (Å²) in [5.74, 6) is 0.682. The Hall–Kier alpha value is -1.41. The number of nitrogens with zero attached hydrogens (tertiary/aromatic N) is 2. The minimum atomic E-state index is -0.263. The molecule has 4 nitrogen and oxygen atoms in total. The molecule has 1 aromatic heterocycles. The van der Waals surface area contributed by atoms with Crippen LogP contribution in [0.3, 0.4) is 0 Å². The summed E-state index contributed by atoms with van der Waals surface area (Å²) in [6, 6.07) is 14.3. The Bertz CT molecular complexity index is 966. The molecule has 1 aliphatic rings. The summed E-state index contributed by atoms with van der Waals surface area (Å²) in [4.78, 5) is 17.0. The van der Waals surface area contributed by atoms with Gasteiger partial charge in [-0.3, -0.25) is 4.57 Å². The number of hydrogen-bond acceptors (Lipinski definition) is 3. The summed E-state index contributed by atoms with van der Waals surface area (Å²) in [6.45, 7) is 0. The summed E-state index contributed by atoms with van der Waals surface area (Å²) in [7, 11) is 0. The summed E-state index contributed by atoms with van der Waals surface area (Å²) < 4.78 is 3.68. The zero-order valence-electron chi connectivity index (χ0n) is 12.1. The smallest absolute Gasteiger partial charge is 0.354 e. The van der Waals surface area contributed by atoms with Gasteiger partial charge < -0.3 is 5.32 Å². The van der Waals surface area contributed by atoms with Crippen molar-refractivity contribution in [2.24, 2.45) is 0 Å². The second-order valence-electron chi connectivity index (χ2n) is 5.64. The molecule has 1 N–H and O–H groups in total. The SMILES string of the molecule is O=c1nc(NC2CC2)c2ccc(Br)cc2n1-c1cccc(I)c1. The van der Waals surface area contributed by atoms with Gasteiger partial charge in [0.1, 0.15) is 5.82 Å². The quantitative estimate of drug-likeness (QED) is 0.566. The van der Waals surface area contributed by atoms with Crippen LogP contribution in [-0.4, -0.2) is 15.6 Å². The van der Waals surface area contributed by atoms with Crippen molar-refractivity contribution in [1.82, 2.24) is 9.55 Å². The first-order chi connectivity index (χ1) is 11.1. The molecule has 23 heavy (non-hydrogen) atoms. The van der Waals surface area contributed by atoms with Crippen LogP contribution in [-0.2, 0) is 0 Å². The number of aromatic nitrogens is 2. The van der Waals surface area contributed by atoms with Crippen molar-refractivity contribution >= 4 is 55.2 Å². The summed E-state index contributed by atoms with van der Waals surface area (Å²) in [5, 5.41) is 4.32. The summed E-state index contributed by atoms with van der Waals surface area (Å²) in [6.07, 6.45) is 2.28. The molecule has 0 bridgehead atoms. The highest BCUT2D eigenvalue weighted by Crippen LogP contribution is 2.30. The maximum atomic E-state index is 12.7. The number of fused-ring (bicyclic) bond motifs is 1. The van der Waals surface area contributed by atoms with Gasteiger partial charge in [0.25, 0.3) is 0 Å². The third-order valence-corrected chi connectivity index (χ3v) is 5.00. The lowest BCUT2D eigenvalue weighted by molar-refractivity contribution is 0.951. The number of benzene rings is 2. The third-order valence-electron chi connectivity index (χ3n) is 3.84. The van der Waals surface area contributed by atoms with E-state index in [1.807, 2.05) is 42.5 Å². The van der Waals surface area contributed by atoms with E-state index < -0.39 is 0 Å². The Kier molecular flexibility index (Phi) is 3.88. The van der Waals surface area contributed by atoms with Crippen LogP contribution in [0.2, 0.25) is 0 Å². The van der Waals surface area contributed by atoms with Crippen LogP contribution in [0, 0.1) is 3.57 Å². The summed E-state index contributed by atoms with van der Waals surface area (Å²) >= 11 is 5.76. The fourth-order valence-corrected chi connectivity index (χ4v) is 3.47. The molecular weight excluding hydrogens is 469 g/mol. The van der Waals surface area contributed by atoms with Gasteiger partial charge in [0.05, 0.1) is 11.2 Å². The van der Waals surface area contributed by atoms with Crippen LogP contribution < -0.4 is 11.0 Å². The number of anilines is 1. The Balaban J connectivity index is 2.02. The Morgan fingerprint density at radius 3 is 2.78 bits per heavy atom. The van der Waals surface area contributed by atoms with Crippen molar-refractivity contribution in [2.75, 3.05) is 5.32 Å². The molecule has 0 unspecified atom stereocenters. The molecule has 0 atom stereocenters. The van der Waals surface area contributed by atoms with E-state index in [4.69, 9.17) is 0 Å². The van der Waals surface area contributed by atoms with Crippen LogP contribution in [0.1, 0.15) is 12.8 Å². The van der Waals surface area contributed by atoms with E-state index in [1.165, 1.54) is 0 Å². The van der Waals surface area contributed by atoms with E-state index >= 15 is 0 Å². The average molecular weight is 482 g/mol. The number of halogens is 2. The number of hydrogen-bond donors (Lipinski definition) is 1. The first kappa shape index (κ1) is 15.1. The second kappa shape index (κ2) is 5.90. The lowest BCUT2D eigenvalue weighted by Crippen LogP contribution is -2.24. The van der Waals surface area contributed by atoms with Gasteiger partial charge in [-0.15, -0.1) is 0 Å². The van der Waals surface area contributed by atoms with Gasteiger partial charge in [-0.05, 0) is 71.8 Å². The van der Waals surface area contributed by atoms with E-state index in [1.54, 1.807) is 4.57 Å². The van der Waals surface area contributed by atoms with Crippen LogP contribution in [0.25, 0.3) is 16.6 Å². The number of nitrogens with one attached hydrogen (secondary N) is 1. The highest BCUT2D eigenvalue weighted by Gasteiger charge is 2.23. The maximum Gasteiger partial charge on any atom is 0.354 e. The third kappa shape index (κ3) is 3.01.